The van der Waals surface area contributed by atoms with Gasteiger partial charge in [0.2, 0.25) is 15.9 Å². The first-order valence-corrected chi connectivity index (χ1v) is 9.40. The van der Waals surface area contributed by atoms with Gasteiger partial charge in [-0.25, -0.2) is 17.5 Å². The lowest BCUT2D eigenvalue weighted by atomic mass is 9.86. The van der Waals surface area contributed by atoms with Crippen LogP contribution in [0.15, 0.2) is 24.3 Å². The molecule has 0 aromatic heterocycles. The van der Waals surface area contributed by atoms with Crippen molar-refractivity contribution in [3.63, 3.8) is 0 Å². The normalized spacial score (nSPS) is 22.1. The van der Waals surface area contributed by atoms with E-state index >= 15 is 0 Å². The Morgan fingerprint density at radius 3 is 2.35 bits per heavy atom. The maximum absolute atomic E-state index is 13.5. The molecule has 0 spiro atoms. The third-order valence-electron chi connectivity index (χ3n) is 4.18. The molecule has 1 aromatic carbocycles. The summed E-state index contributed by atoms with van der Waals surface area (Å²) in [5.74, 6) is -0.881. The highest BCUT2D eigenvalue weighted by Crippen LogP contribution is 2.26. The second kappa shape index (κ2) is 7.40. The average molecular weight is 342 g/mol. The van der Waals surface area contributed by atoms with Crippen LogP contribution in [-0.2, 0) is 14.8 Å². The number of amides is 1. The standard InChI is InChI=1S/C16H23FN2O3S/c1-11(2)23(21,22)19-13-9-7-12(8-10-13)16(20)18-15-6-4-3-5-14(15)17/h3-6,11-13,19H,7-10H2,1-2H3,(H,18,20). The number of rotatable bonds is 5. The predicted octanol–water partition coefficient (Wildman–Crippen LogP) is 2.65. The number of hydrogen-bond acceptors (Lipinski definition) is 3. The molecule has 5 nitrogen and oxygen atoms in total. The largest absolute Gasteiger partial charge is 0.323 e. The summed E-state index contributed by atoms with van der Waals surface area (Å²) < 4.78 is 40.0. The van der Waals surface area contributed by atoms with Gasteiger partial charge in [-0.3, -0.25) is 4.79 Å². The van der Waals surface area contributed by atoms with Gasteiger partial charge in [-0.1, -0.05) is 12.1 Å². The fourth-order valence-electron chi connectivity index (χ4n) is 2.64. The summed E-state index contributed by atoms with van der Waals surface area (Å²) in [6, 6.07) is 5.93. The molecule has 1 aliphatic rings. The lowest BCUT2D eigenvalue weighted by Gasteiger charge is -2.28. The van der Waals surface area contributed by atoms with Crippen LogP contribution in [0.2, 0.25) is 0 Å². The van der Waals surface area contributed by atoms with E-state index in [-0.39, 0.29) is 23.6 Å². The van der Waals surface area contributed by atoms with Crippen molar-refractivity contribution in [3.8, 4) is 0 Å². The lowest BCUT2D eigenvalue weighted by Crippen LogP contribution is -2.42. The van der Waals surface area contributed by atoms with Crippen LogP contribution in [0, 0.1) is 11.7 Å². The van der Waals surface area contributed by atoms with Crippen LogP contribution < -0.4 is 10.0 Å². The van der Waals surface area contributed by atoms with Crippen molar-refractivity contribution in [3.05, 3.63) is 30.1 Å². The molecule has 1 aliphatic carbocycles. The van der Waals surface area contributed by atoms with Crippen molar-refractivity contribution in [2.75, 3.05) is 5.32 Å². The van der Waals surface area contributed by atoms with Crippen molar-refractivity contribution < 1.29 is 17.6 Å². The molecule has 0 aliphatic heterocycles. The van der Waals surface area contributed by atoms with Gasteiger partial charge in [0.05, 0.1) is 10.9 Å². The SMILES string of the molecule is CC(C)S(=O)(=O)NC1CCC(C(=O)Nc2ccccc2F)CC1. The number of sulfonamides is 1. The van der Waals surface area contributed by atoms with Crippen LogP contribution in [-0.4, -0.2) is 25.6 Å². The summed E-state index contributed by atoms with van der Waals surface area (Å²) >= 11 is 0. The highest BCUT2D eigenvalue weighted by Gasteiger charge is 2.29. The van der Waals surface area contributed by atoms with Gasteiger partial charge in [0, 0.05) is 12.0 Å². The van der Waals surface area contributed by atoms with Crippen LogP contribution in [0.1, 0.15) is 39.5 Å². The van der Waals surface area contributed by atoms with Crippen LogP contribution in [0.3, 0.4) is 0 Å². The van der Waals surface area contributed by atoms with E-state index in [0.29, 0.717) is 25.7 Å². The molecule has 0 bridgehead atoms. The van der Waals surface area contributed by atoms with Gasteiger partial charge >= 0.3 is 0 Å². The second-order valence-electron chi connectivity index (χ2n) is 6.23. The molecule has 2 N–H and O–H groups in total. The molecule has 0 saturated heterocycles. The lowest BCUT2D eigenvalue weighted by molar-refractivity contribution is -0.120. The Labute approximate surface area is 136 Å². The van der Waals surface area contributed by atoms with Crippen LogP contribution in [0.5, 0.6) is 0 Å². The topological polar surface area (TPSA) is 75.3 Å². The van der Waals surface area contributed by atoms with Gasteiger partial charge in [-0.05, 0) is 51.7 Å². The molecule has 1 fully saturated rings. The maximum Gasteiger partial charge on any atom is 0.227 e. The van der Waals surface area contributed by atoms with Gasteiger partial charge < -0.3 is 5.32 Å². The van der Waals surface area contributed by atoms with Gasteiger partial charge in [-0.15, -0.1) is 0 Å². The summed E-state index contributed by atoms with van der Waals surface area (Å²) in [5.41, 5.74) is 0.181. The number of carbonyl (C=O) groups is 1. The molecule has 1 amide bonds. The van der Waals surface area contributed by atoms with Gasteiger partial charge in [0.15, 0.2) is 0 Å². The van der Waals surface area contributed by atoms with Crippen LogP contribution in [0.4, 0.5) is 10.1 Å². The van der Waals surface area contributed by atoms with E-state index in [4.69, 9.17) is 0 Å². The second-order valence-corrected chi connectivity index (χ2v) is 8.50. The van der Waals surface area contributed by atoms with E-state index < -0.39 is 21.1 Å². The van der Waals surface area contributed by atoms with Crippen molar-refractivity contribution in [2.24, 2.45) is 5.92 Å². The van der Waals surface area contributed by atoms with Gasteiger partial charge in [-0.2, -0.15) is 0 Å². The zero-order chi connectivity index (χ0) is 17.0. The number of benzene rings is 1. The van der Waals surface area contributed by atoms with Gasteiger partial charge in [0.1, 0.15) is 5.82 Å². The van der Waals surface area contributed by atoms with Crippen molar-refractivity contribution in [1.82, 2.24) is 4.72 Å². The number of halogens is 1. The first-order chi connectivity index (χ1) is 10.8. The molecule has 1 saturated carbocycles. The average Bonchev–Trinajstić information content (AvgIpc) is 2.49. The molecule has 128 valence electrons. The van der Waals surface area contributed by atoms with E-state index in [2.05, 4.69) is 10.0 Å². The molecule has 0 unspecified atom stereocenters. The predicted molar refractivity (Wildman–Crippen MR) is 88.0 cm³/mol. The number of carbonyl (C=O) groups excluding carboxylic acids is 1. The molecule has 1 aromatic rings. The highest BCUT2D eigenvalue weighted by molar-refractivity contribution is 7.90. The fourth-order valence-corrected chi connectivity index (χ4v) is 3.61. The maximum atomic E-state index is 13.5. The Bertz CT molecular complexity index is 653. The van der Waals surface area contributed by atoms with E-state index in [1.165, 1.54) is 12.1 Å². The van der Waals surface area contributed by atoms with Crippen molar-refractivity contribution in [2.45, 2.75) is 50.8 Å². The Kier molecular flexibility index (Phi) is 5.75. The van der Waals surface area contributed by atoms with E-state index in [9.17, 15) is 17.6 Å². The number of anilines is 1. The van der Waals surface area contributed by atoms with Crippen LogP contribution in [0.25, 0.3) is 0 Å². The summed E-state index contributed by atoms with van der Waals surface area (Å²) in [6.45, 7) is 3.27. The molecule has 0 radical (unpaired) electrons. The Balaban J connectivity index is 1.87. The van der Waals surface area contributed by atoms with E-state index in [0.717, 1.165) is 0 Å². The Hall–Kier alpha value is -1.47. The zero-order valence-corrected chi connectivity index (χ0v) is 14.2. The fraction of sp³-hybridized carbons (Fsp3) is 0.562. The summed E-state index contributed by atoms with van der Waals surface area (Å²) in [7, 11) is -3.29. The molecule has 2 rings (SSSR count). The Morgan fingerprint density at radius 1 is 1.17 bits per heavy atom. The van der Waals surface area contributed by atoms with E-state index in [1.807, 2.05) is 0 Å². The highest BCUT2D eigenvalue weighted by atomic mass is 32.2. The molecule has 7 heteroatoms. The van der Waals surface area contributed by atoms with Crippen molar-refractivity contribution in [1.29, 1.82) is 0 Å². The summed E-state index contributed by atoms with van der Waals surface area (Å²) in [6.07, 6.45) is 2.40. The quantitative estimate of drug-likeness (QED) is 0.864. The number of nitrogens with one attached hydrogen (secondary N) is 2. The summed E-state index contributed by atoms with van der Waals surface area (Å²) in [5, 5.41) is 2.14. The Morgan fingerprint density at radius 2 is 1.78 bits per heavy atom. The summed E-state index contributed by atoms with van der Waals surface area (Å²) in [4.78, 5) is 12.2. The van der Waals surface area contributed by atoms with Gasteiger partial charge in [0.25, 0.3) is 0 Å². The first-order valence-electron chi connectivity index (χ1n) is 7.86. The third-order valence-corrected chi connectivity index (χ3v) is 6.08. The minimum atomic E-state index is -3.29. The molecular formula is C16H23FN2O3S. The zero-order valence-electron chi connectivity index (χ0n) is 13.4. The first kappa shape index (κ1) is 17.9. The minimum Gasteiger partial charge on any atom is -0.323 e. The third kappa shape index (κ3) is 4.75. The van der Waals surface area contributed by atoms with Crippen molar-refractivity contribution >= 4 is 21.6 Å². The smallest absolute Gasteiger partial charge is 0.227 e. The number of para-hydroxylation sites is 1. The molecule has 23 heavy (non-hydrogen) atoms. The minimum absolute atomic E-state index is 0.125. The van der Waals surface area contributed by atoms with E-state index in [1.54, 1.807) is 26.0 Å². The number of hydrogen-bond donors (Lipinski definition) is 2. The van der Waals surface area contributed by atoms with Crippen LogP contribution >= 0.6 is 0 Å². The molecule has 0 heterocycles. The molecular weight excluding hydrogens is 319 g/mol. The molecule has 0 atom stereocenters. The monoisotopic (exact) mass is 342 g/mol.